The summed E-state index contributed by atoms with van der Waals surface area (Å²) in [5.41, 5.74) is 2.38. The SMILES string of the molecule is CCSCC(C)NC(C)c1cnc2ccsc2c1. The Morgan fingerprint density at radius 1 is 1.44 bits per heavy atom. The lowest BCUT2D eigenvalue weighted by Gasteiger charge is -2.19. The number of pyridine rings is 1. The van der Waals surface area contributed by atoms with E-state index in [-0.39, 0.29) is 0 Å². The van der Waals surface area contributed by atoms with Gasteiger partial charge in [0.15, 0.2) is 0 Å². The van der Waals surface area contributed by atoms with Gasteiger partial charge in [0.2, 0.25) is 0 Å². The van der Waals surface area contributed by atoms with E-state index in [0.717, 1.165) is 11.3 Å². The predicted molar refractivity (Wildman–Crippen MR) is 83.6 cm³/mol. The number of nitrogens with one attached hydrogen (secondary N) is 1. The van der Waals surface area contributed by atoms with E-state index in [9.17, 15) is 0 Å². The monoisotopic (exact) mass is 280 g/mol. The zero-order valence-corrected chi connectivity index (χ0v) is 12.8. The van der Waals surface area contributed by atoms with Crippen LogP contribution in [0.3, 0.4) is 0 Å². The van der Waals surface area contributed by atoms with E-state index in [1.807, 2.05) is 18.0 Å². The lowest BCUT2D eigenvalue weighted by molar-refractivity contribution is 0.511. The van der Waals surface area contributed by atoms with Gasteiger partial charge in [-0.05, 0) is 42.7 Å². The number of thiophene rings is 1. The van der Waals surface area contributed by atoms with E-state index in [2.05, 4.69) is 48.6 Å². The Balaban J connectivity index is 2.01. The minimum Gasteiger partial charge on any atom is -0.307 e. The Kier molecular flexibility index (Phi) is 5.03. The van der Waals surface area contributed by atoms with E-state index >= 15 is 0 Å². The highest BCUT2D eigenvalue weighted by Crippen LogP contribution is 2.23. The van der Waals surface area contributed by atoms with Crippen molar-refractivity contribution in [3.63, 3.8) is 0 Å². The molecule has 0 bridgehead atoms. The molecule has 0 spiro atoms. The van der Waals surface area contributed by atoms with Crippen molar-refractivity contribution in [2.24, 2.45) is 0 Å². The molecule has 0 saturated heterocycles. The normalized spacial score (nSPS) is 14.8. The van der Waals surface area contributed by atoms with Gasteiger partial charge in [-0.3, -0.25) is 4.98 Å². The highest BCUT2D eigenvalue weighted by Gasteiger charge is 2.10. The average Bonchev–Trinajstić information content (AvgIpc) is 2.83. The molecule has 0 radical (unpaired) electrons. The van der Waals surface area contributed by atoms with Crippen molar-refractivity contribution in [3.05, 3.63) is 29.3 Å². The van der Waals surface area contributed by atoms with Gasteiger partial charge < -0.3 is 5.32 Å². The third-order valence-electron chi connectivity index (χ3n) is 2.93. The van der Waals surface area contributed by atoms with Crippen LogP contribution in [-0.4, -0.2) is 22.5 Å². The van der Waals surface area contributed by atoms with Crippen LogP contribution in [0, 0.1) is 0 Å². The van der Waals surface area contributed by atoms with E-state index in [0.29, 0.717) is 12.1 Å². The zero-order chi connectivity index (χ0) is 13.0. The van der Waals surface area contributed by atoms with Crippen LogP contribution in [0.5, 0.6) is 0 Å². The summed E-state index contributed by atoms with van der Waals surface area (Å²) < 4.78 is 1.27. The van der Waals surface area contributed by atoms with Gasteiger partial charge in [0.05, 0.1) is 10.2 Å². The minimum atomic E-state index is 0.358. The first-order valence-corrected chi connectivity index (χ1v) is 8.41. The number of nitrogens with zero attached hydrogens (tertiary/aromatic N) is 1. The maximum absolute atomic E-state index is 4.50. The smallest absolute Gasteiger partial charge is 0.0809 e. The largest absolute Gasteiger partial charge is 0.307 e. The Hall–Kier alpha value is -0.580. The average molecular weight is 280 g/mol. The fourth-order valence-electron chi connectivity index (χ4n) is 1.96. The molecule has 0 aromatic carbocycles. The highest BCUT2D eigenvalue weighted by molar-refractivity contribution is 7.99. The second kappa shape index (κ2) is 6.55. The molecule has 0 fully saturated rings. The number of hydrogen-bond acceptors (Lipinski definition) is 4. The van der Waals surface area contributed by atoms with Crippen LogP contribution in [0.2, 0.25) is 0 Å². The molecule has 0 aliphatic rings. The van der Waals surface area contributed by atoms with Gasteiger partial charge in [-0.1, -0.05) is 6.92 Å². The lowest BCUT2D eigenvalue weighted by atomic mass is 10.1. The van der Waals surface area contributed by atoms with Crippen LogP contribution in [0.4, 0.5) is 0 Å². The molecule has 2 heterocycles. The second-order valence-electron chi connectivity index (χ2n) is 4.52. The first-order valence-electron chi connectivity index (χ1n) is 6.37. The van der Waals surface area contributed by atoms with Crippen molar-refractivity contribution in [2.45, 2.75) is 32.9 Å². The van der Waals surface area contributed by atoms with Crippen molar-refractivity contribution in [2.75, 3.05) is 11.5 Å². The molecule has 0 saturated carbocycles. The Morgan fingerprint density at radius 3 is 3.06 bits per heavy atom. The topological polar surface area (TPSA) is 24.9 Å². The summed E-state index contributed by atoms with van der Waals surface area (Å²) in [5.74, 6) is 2.35. The molecule has 2 unspecified atom stereocenters. The fraction of sp³-hybridized carbons (Fsp3) is 0.500. The molecule has 2 aromatic rings. The van der Waals surface area contributed by atoms with E-state index in [1.165, 1.54) is 16.0 Å². The summed E-state index contributed by atoms with van der Waals surface area (Å²) in [5, 5.41) is 5.73. The molecule has 0 aliphatic carbocycles. The van der Waals surface area contributed by atoms with Gasteiger partial charge in [-0.15, -0.1) is 11.3 Å². The summed E-state index contributed by atoms with van der Waals surface area (Å²) >= 11 is 3.74. The van der Waals surface area contributed by atoms with E-state index in [1.54, 1.807) is 11.3 Å². The van der Waals surface area contributed by atoms with Crippen LogP contribution in [0.25, 0.3) is 10.2 Å². The molecule has 0 aliphatic heterocycles. The molecular weight excluding hydrogens is 260 g/mol. The van der Waals surface area contributed by atoms with E-state index in [4.69, 9.17) is 0 Å². The zero-order valence-electron chi connectivity index (χ0n) is 11.1. The summed E-state index contributed by atoms with van der Waals surface area (Å²) in [6.45, 7) is 6.66. The van der Waals surface area contributed by atoms with Crippen LogP contribution in [-0.2, 0) is 0 Å². The molecule has 18 heavy (non-hydrogen) atoms. The van der Waals surface area contributed by atoms with Gasteiger partial charge >= 0.3 is 0 Å². The van der Waals surface area contributed by atoms with Crippen LogP contribution < -0.4 is 5.32 Å². The van der Waals surface area contributed by atoms with Crippen LogP contribution in [0.1, 0.15) is 32.4 Å². The summed E-state index contributed by atoms with van der Waals surface area (Å²) in [7, 11) is 0. The van der Waals surface area contributed by atoms with Crippen molar-refractivity contribution < 1.29 is 0 Å². The van der Waals surface area contributed by atoms with Gasteiger partial charge in [0.1, 0.15) is 0 Å². The summed E-state index contributed by atoms with van der Waals surface area (Å²) in [6.07, 6.45) is 1.99. The fourth-order valence-corrected chi connectivity index (χ4v) is 3.44. The number of rotatable bonds is 6. The maximum atomic E-state index is 4.50. The molecule has 2 atom stereocenters. The Bertz CT molecular complexity index is 495. The van der Waals surface area contributed by atoms with Crippen molar-refractivity contribution in [1.82, 2.24) is 10.3 Å². The second-order valence-corrected chi connectivity index (χ2v) is 6.79. The summed E-state index contributed by atoms with van der Waals surface area (Å²) in [4.78, 5) is 4.50. The molecule has 2 nitrogen and oxygen atoms in total. The molecule has 2 rings (SSSR count). The van der Waals surface area contributed by atoms with Crippen LogP contribution in [0.15, 0.2) is 23.7 Å². The molecule has 2 aromatic heterocycles. The first-order chi connectivity index (χ1) is 8.70. The third kappa shape index (κ3) is 3.46. The van der Waals surface area contributed by atoms with Crippen molar-refractivity contribution in [3.8, 4) is 0 Å². The standard InChI is InChI=1S/C14H20N2S2/c1-4-17-9-10(2)16-11(3)12-7-14-13(15-8-12)5-6-18-14/h5-8,10-11,16H,4,9H2,1-3H3. The number of aromatic nitrogens is 1. The lowest BCUT2D eigenvalue weighted by Crippen LogP contribution is -2.30. The Morgan fingerprint density at radius 2 is 2.28 bits per heavy atom. The molecular formula is C14H20N2S2. The van der Waals surface area contributed by atoms with Crippen molar-refractivity contribution in [1.29, 1.82) is 0 Å². The number of fused-ring (bicyclic) bond motifs is 1. The van der Waals surface area contributed by atoms with Gasteiger partial charge in [0.25, 0.3) is 0 Å². The molecule has 98 valence electrons. The van der Waals surface area contributed by atoms with Crippen LogP contribution >= 0.6 is 23.1 Å². The van der Waals surface area contributed by atoms with Crippen molar-refractivity contribution >= 4 is 33.3 Å². The number of thioether (sulfide) groups is 1. The van der Waals surface area contributed by atoms with Gasteiger partial charge in [-0.25, -0.2) is 0 Å². The predicted octanol–water partition coefficient (Wildman–Crippen LogP) is 4.09. The minimum absolute atomic E-state index is 0.358. The van der Waals surface area contributed by atoms with E-state index < -0.39 is 0 Å². The molecule has 4 heteroatoms. The van der Waals surface area contributed by atoms with Gasteiger partial charge in [-0.2, -0.15) is 11.8 Å². The molecule has 1 N–H and O–H groups in total. The Labute approximate surface area is 117 Å². The maximum Gasteiger partial charge on any atom is 0.0809 e. The van der Waals surface area contributed by atoms with Gasteiger partial charge in [0, 0.05) is 24.0 Å². The first kappa shape index (κ1) is 13.8. The quantitative estimate of drug-likeness (QED) is 0.862. The number of hydrogen-bond donors (Lipinski definition) is 1. The third-order valence-corrected chi connectivity index (χ3v) is 4.93. The highest BCUT2D eigenvalue weighted by atomic mass is 32.2. The molecule has 0 amide bonds. The summed E-state index contributed by atoms with van der Waals surface area (Å²) in [6, 6.07) is 5.22.